The van der Waals surface area contributed by atoms with Crippen molar-refractivity contribution in [2.24, 2.45) is 0 Å². The Balaban J connectivity index is 1.19. The first-order valence-corrected chi connectivity index (χ1v) is 9.97. The molecule has 1 aromatic carbocycles. The summed E-state index contributed by atoms with van der Waals surface area (Å²) in [4.78, 5) is 17.6. The van der Waals surface area contributed by atoms with E-state index in [1.807, 2.05) is 23.1 Å². The monoisotopic (exact) mass is 382 g/mol. The van der Waals surface area contributed by atoms with E-state index in [1.165, 1.54) is 16.9 Å². The number of rotatable bonds is 6. The summed E-state index contributed by atoms with van der Waals surface area (Å²) in [5, 5.41) is 13.1. The predicted octanol–water partition coefficient (Wildman–Crippen LogP) is 1.98. The van der Waals surface area contributed by atoms with Crippen LogP contribution in [0.1, 0.15) is 17.0 Å². The standard InChI is InChI=1S/C19H22N6OS/c26-18(9-8-17-22-25-15-20-21-19(25)27-17)24-13-11-23(12-14-24)10-4-7-16-5-2-1-3-6-16/h1-7,15H,8-14H2/b7-4+. The number of benzene rings is 1. The summed E-state index contributed by atoms with van der Waals surface area (Å²) in [6.07, 6.45) is 7.09. The van der Waals surface area contributed by atoms with Crippen LogP contribution in [0.15, 0.2) is 42.7 Å². The van der Waals surface area contributed by atoms with Gasteiger partial charge in [0.1, 0.15) is 11.3 Å². The van der Waals surface area contributed by atoms with Crippen molar-refractivity contribution < 1.29 is 4.79 Å². The molecule has 0 unspecified atom stereocenters. The number of carbonyl (C=O) groups is 1. The van der Waals surface area contributed by atoms with Crippen LogP contribution in [0.4, 0.5) is 0 Å². The fourth-order valence-electron chi connectivity index (χ4n) is 3.16. The molecule has 27 heavy (non-hydrogen) atoms. The maximum absolute atomic E-state index is 12.5. The molecule has 0 atom stereocenters. The van der Waals surface area contributed by atoms with E-state index >= 15 is 0 Å². The summed E-state index contributed by atoms with van der Waals surface area (Å²) < 4.78 is 1.66. The van der Waals surface area contributed by atoms with E-state index in [2.05, 4.69) is 44.5 Å². The average molecular weight is 382 g/mol. The van der Waals surface area contributed by atoms with Crippen LogP contribution >= 0.6 is 11.3 Å². The number of aromatic nitrogens is 4. The third kappa shape index (κ3) is 4.58. The lowest BCUT2D eigenvalue weighted by atomic mass is 10.2. The van der Waals surface area contributed by atoms with Gasteiger partial charge in [-0.2, -0.15) is 9.61 Å². The summed E-state index contributed by atoms with van der Waals surface area (Å²) in [5.41, 5.74) is 1.22. The molecule has 1 amide bonds. The Morgan fingerprint density at radius 2 is 1.96 bits per heavy atom. The van der Waals surface area contributed by atoms with Crippen LogP contribution in [0.5, 0.6) is 0 Å². The van der Waals surface area contributed by atoms with Crippen LogP contribution in [0.2, 0.25) is 0 Å². The first-order valence-electron chi connectivity index (χ1n) is 9.15. The van der Waals surface area contributed by atoms with Gasteiger partial charge in [0, 0.05) is 45.6 Å². The highest BCUT2D eigenvalue weighted by atomic mass is 32.1. The van der Waals surface area contributed by atoms with Crippen LogP contribution < -0.4 is 0 Å². The highest BCUT2D eigenvalue weighted by Crippen LogP contribution is 2.14. The molecule has 8 heteroatoms. The van der Waals surface area contributed by atoms with Gasteiger partial charge in [-0.05, 0) is 5.56 Å². The molecule has 1 saturated heterocycles. The lowest BCUT2D eigenvalue weighted by Gasteiger charge is -2.34. The second-order valence-electron chi connectivity index (χ2n) is 6.55. The molecular weight excluding hydrogens is 360 g/mol. The number of hydrogen-bond donors (Lipinski definition) is 0. The Kier molecular flexibility index (Phi) is 5.55. The third-order valence-corrected chi connectivity index (χ3v) is 5.65. The van der Waals surface area contributed by atoms with Gasteiger partial charge < -0.3 is 4.90 Å². The van der Waals surface area contributed by atoms with Crippen molar-refractivity contribution in [1.29, 1.82) is 0 Å². The SMILES string of the molecule is O=C(CCc1nn2cnnc2s1)N1CCN(C/C=C/c2ccccc2)CC1. The van der Waals surface area contributed by atoms with Gasteiger partial charge in [0.2, 0.25) is 10.9 Å². The van der Waals surface area contributed by atoms with Crippen LogP contribution in [-0.2, 0) is 11.2 Å². The summed E-state index contributed by atoms with van der Waals surface area (Å²) in [5.74, 6) is 0.209. The predicted molar refractivity (Wildman–Crippen MR) is 105 cm³/mol. The van der Waals surface area contributed by atoms with E-state index in [1.54, 1.807) is 10.8 Å². The van der Waals surface area contributed by atoms with Crippen LogP contribution in [0, 0.1) is 0 Å². The zero-order valence-electron chi connectivity index (χ0n) is 15.1. The van der Waals surface area contributed by atoms with Crippen LogP contribution in [0.3, 0.4) is 0 Å². The molecule has 4 rings (SSSR count). The number of piperazine rings is 1. The minimum absolute atomic E-state index is 0.209. The Bertz CT molecular complexity index is 882. The lowest BCUT2D eigenvalue weighted by Crippen LogP contribution is -2.48. The molecule has 0 radical (unpaired) electrons. The zero-order valence-corrected chi connectivity index (χ0v) is 15.9. The van der Waals surface area contributed by atoms with Crippen molar-refractivity contribution in [3.8, 4) is 0 Å². The zero-order chi connectivity index (χ0) is 18.5. The fourth-order valence-corrected chi connectivity index (χ4v) is 3.97. The fraction of sp³-hybridized carbons (Fsp3) is 0.368. The molecule has 2 aromatic heterocycles. The lowest BCUT2D eigenvalue weighted by molar-refractivity contribution is -0.132. The molecular formula is C19H22N6OS. The topological polar surface area (TPSA) is 66.6 Å². The van der Waals surface area contributed by atoms with Crippen molar-refractivity contribution in [3.05, 3.63) is 53.3 Å². The molecule has 0 aliphatic carbocycles. The maximum atomic E-state index is 12.5. The molecule has 1 fully saturated rings. The normalized spacial score (nSPS) is 15.8. The van der Waals surface area contributed by atoms with Crippen LogP contribution in [0.25, 0.3) is 11.0 Å². The van der Waals surface area contributed by atoms with Gasteiger partial charge in [-0.15, -0.1) is 10.2 Å². The first-order chi connectivity index (χ1) is 13.3. The number of hydrogen-bond acceptors (Lipinski definition) is 6. The van der Waals surface area contributed by atoms with Crippen LogP contribution in [-0.4, -0.2) is 68.2 Å². The number of nitrogens with zero attached hydrogens (tertiary/aromatic N) is 6. The molecule has 0 spiro atoms. The van der Waals surface area contributed by atoms with E-state index in [0.29, 0.717) is 12.8 Å². The van der Waals surface area contributed by atoms with Gasteiger partial charge >= 0.3 is 0 Å². The molecule has 0 bridgehead atoms. The summed E-state index contributed by atoms with van der Waals surface area (Å²) in [7, 11) is 0. The minimum atomic E-state index is 0.209. The van der Waals surface area contributed by atoms with Gasteiger partial charge in [-0.3, -0.25) is 9.69 Å². The van der Waals surface area contributed by atoms with Gasteiger partial charge in [0.05, 0.1) is 0 Å². The van der Waals surface area contributed by atoms with Crippen molar-refractivity contribution in [1.82, 2.24) is 29.6 Å². The summed E-state index contributed by atoms with van der Waals surface area (Å²) in [6, 6.07) is 10.3. The Labute approximate surface area is 161 Å². The summed E-state index contributed by atoms with van der Waals surface area (Å²) >= 11 is 1.49. The smallest absolute Gasteiger partial charge is 0.234 e. The van der Waals surface area contributed by atoms with E-state index < -0.39 is 0 Å². The Morgan fingerprint density at radius 3 is 2.74 bits per heavy atom. The molecule has 1 aliphatic rings. The largest absolute Gasteiger partial charge is 0.340 e. The highest BCUT2D eigenvalue weighted by Gasteiger charge is 2.20. The Morgan fingerprint density at radius 1 is 1.15 bits per heavy atom. The maximum Gasteiger partial charge on any atom is 0.234 e. The van der Waals surface area contributed by atoms with E-state index in [9.17, 15) is 4.79 Å². The minimum Gasteiger partial charge on any atom is -0.340 e. The van der Waals surface area contributed by atoms with E-state index in [4.69, 9.17) is 0 Å². The quantitative estimate of drug-likeness (QED) is 0.652. The third-order valence-electron chi connectivity index (χ3n) is 4.68. The van der Waals surface area contributed by atoms with E-state index in [0.717, 1.165) is 42.7 Å². The molecule has 3 aromatic rings. The van der Waals surface area contributed by atoms with Gasteiger partial charge in [-0.25, -0.2) is 0 Å². The molecule has 0 N–H and O–H groups in total. The van der Waals surface area contributed by atoms with Gasteiger partial charge in [-0.1, -0.05) is 53.8 Å². The molecule has 0 saturated carbocycles. The first kappa shape index (κ1) is 17.8. The number of fused-ring (bicyclic) bond motifs is 1. The second kappa shape index (κ2) is 8.41. The second-order valence-corrected chi connectivity index (χ2v) is 7.59. The number of aryl methyl sites for hydroxylation is 1. The van der Waals surface area contributed by atoms with Crippen molar-refractivity contribution >= 4 is 28.3 Å². The van der Waals surface area contributed by atoms with E-state index in [-0.39, 0.29) is 5.91 Å². The number of amides is 1. The highest BCUT2D eigenvalue weighted by molar-refractivity contribution is 7.16. The van der Waals surface area contributed by atoms with Crippen molar-refractivity contribution in [2.45, 2.75) is 12.8 Å². The molecule has 140 valence electrons. The number of carbonyl (C=O) groups excluding carboxylic acids is 1. The Hall–Kier alpha value is -2.58. The average Bonchev–Trinajstić information content (AvgIpc) is 3.29. The van der Waals surface area contributed by atoms with Crippen molar-refractivity contribution in [3.63, 3.8) is 0 Å². The van der Waals surface area contributed by atoms with Crippen molar-refractivity contribution in [2.75, 3.05) is 32.7 Å². The molecule has 3 heterocycles. The van der Waals surface area contributed by atoms with Gasteiger partial charge in [0.25, 0.3) is 0 Å². The molecule has 7 nitrogen and oxygen atoms in total. The summed E-state index contributed by atoms with van der Waals surface area (Å²) in [6.45, 7) is 4.35. The van der Waals surface area contributed by atoms with Gasteiger partial charge in [0.15, 0.2) is 0 Å². The molecule has 1 aliphatic heterocycles.